The number of nitrogen functional groups attached to an aromatic ring is 1. The second-order valence-corrected chi connectivity index (χ2v) is 12.4. The number of rotatable bonds is 10. The highest BCUT2D eigenvalue weighted by Crippen LogP contribution is 2.34. The molecular formula is C35H38FN5O3S. The first kappa shape index (κ1) is 31.8. The van der Waals surface area contributed by atoms with Crippen LogP contribution in [0.1, 0.15) is 80.6 Å². The molecule has 5 rings (SSSR count). The van der Waals surface area contributed by atoms with Crippen LogP contribution in [-0.4, -0.2) is 34.7 Å². The van der Waals surface area contributed by atoms with Crippen LogP contribution >= 0.6 is 11.5 Å². The maximum absolute atomic E-state index is 14.5. The number of aryl methyl sites for hydroxylation is 2. The third-order valence-corrected chi connectivity index (χ3v) is 8.88. The van der Waals surface area contributed by atoms with E-state index in [-0.39, 0.29) is 22.3 Å². The van der Waals surface area contributed by atoms with Crippen molar-refractivity contribution in [3.8, 4) is 0 Å². The van der Waals surface area contributed by atoms with Gasteiger partial charge in [-0.2, -0.15) is 4.37 Å². The zero-order valence-corrected chi connectivity index (χ0v) is 26.3. The van der Waals surface area contributed by atoms with E-state index in [4.69, 9.17) is 5.73 Å². The molecule has 0 bridgehead atoms. The number of nitrogens with two attached hydrogens (primary N) is 1. The Hall–Kier alpha value is -4.57. The predicted octanol–water partition coefficient (Wildman–Crippen LogP) is 6.29. The van der Waals surface area contributed by atoms with Crippen LogP contribution in [0.3, 0.4) is 0 Å². The van der Waals surface area contributed by atoms with Gasteiger partial charge in [0.2, 0.25) is 5.91 Å². The van der Waals surface area contributed by atoms with Gasteiger partial charge in [-0.05, 0) is 91.2 Å². The smallest absolute Gasteiger partial charge is 0.273 e. The minimum atomic E-state index is -1.17. The molecule has 0 spiro atoms. The highest BCUT2D eigenvalue weighted by Gasteiger charge is 2.36. The first-order chi connectivity index (χ1) is 21.7. The predicted molar refractivity (Wildman–Crippen MR) is 176 cm³/mol. The van der Waals surface area contributed by atoms with Gasteiger partial charge in [0.1, 0.15) is 16.7 Å². The molecule has 0 unspecified atom stereocenters. The largest absolute Gasteiger partial charge is 0.395 e. The minimum absolute atomic E-state index is 0.0000546. The highest BCUT2D eigenvalue weighted by molar-refractivity contribution is 7.09. The summed E-state index contributed by atoms with van der Waals surface area (Å²) in [6.45, 7) is 4.13. The SMILES string of the molecule is Cc1cc(C)cc(N(C(=O)c2snc(C(=O)NC3CCCCC3)c2N)[C@@H](C(=O)NCCc2ccccc2)c2ccc(F)cc2)c1. The number of nitrogens with zero attached hydrogens (tertiary/aromatic N) is 2. The van der Waals surface area contributed by atoms with Crippen LogP contribution in [-0.2, 0) is 11.2 Å². The van der Waals surface area contributed by atoms with E-state index < -0.39 is 29.6 Å². The first-order valence-corrected chi connectivity index (χ1v) is 16.0. The molecule has 4 aromatic rings. The molecule has 3 amide bonds. The molecule has 1 fully saturated rings. The van der Waals surface area contributed by atoms with Gasteiger partial charge in [0.05, 0.1) is 5.69 Å². The molecule has 0 aliphatic heterocycles. The molecule has 1 aromatic heterocycles. The summed E-state index contributed by atoms with van der Waals surface area (Å²) < 4.78 is 18.3. The number of amides is 3. The Bertz CT molecular complexity index is 1630. The van der Waals surface area contributed by atoms with Crippen LogP contribution in [0, 0.1) is 19.7 Å². The van der Waals surface area contributed by atoms with E-state index in [1.54, 1.807) is 0 Å². The van der Waals surface area contributed by atoms with E-state index >= 15 is 0 Å². The Balaban J connectivity index is 1.51. The van der Waals surface area contributed by atoms with Gasteiger partial charge in [0.15, 0.2) is 5.69 Å². The van der Waals surface area contributed by atoms with E-state index in [1.807, 2.05) is 62.4 Å². The van der Waals surface area contributed by atoms with E-state index in [0.29, 0.717) is 24.2 Å². The second-order valence-electron chi connectivity index (χ2n) is 11.6. The lowest BCUT2D eigenvalue weighted by Gasteiger charge is -2.32. The maximum atomic E-state index is 14.5. The summed E-state index contributed by atoms with van der Waals surface area (Å²) >= 11 is 0.829. The minimum Gasteiger partial charge on any atom is -0.395 e. The van der Waals surface area contributed by atoms with Crippen molar-refractivity contribution in [2.75, 3.05) is 17.2 Å². The van der Waals surface area contributed by atoms with E-state index in [0.717, 1.165) is 60.3 Å². The molecular weight excluding hydrogens is 589 g/mol. The fourth-order valence-electron chi connectivity index (χ4n) is 5.83. The number of hydrogen-bond donors (Lipinski definition) is 3. The van der Waals surface area contributed by atoms with Crippen LogP contribution < -0.4 is 21.3 Å². The molecule has 3 aromatic carbocycles. The Kier molecular flexibility index (Phi) is 10.2. The molecule has 1 saturated carbocycles. The van der Waals surface area contributed by atoms with E-state index in [1.165, 1.54) is 29.2 Å². The van der Waals surface area contributed by atoms with Crippen molar-refractivity contribution in [2.45, 2.75) is 64.5 Å². The number of carbonyl (C=O) groups is 3. The number of nitrogens with one attached hydrogen (secondary N) is 2. The van der Waals surface area contributed by atoms with Crippen LogP contribution in [0.25, 0.3) is 0 Å². The summed E-state index contributed by atoms with van der Waals surface area (Å²) in [5, 5.41) is 5.99. The van der Waals surface area contributed by atoms with Crippen molar-refractivity contribution >= 4 is 40.6 Å². The lowest BCUT2D eigenvalue weighted by Crippen LogP contribution is -2.44. The standard InChI is InChI=1S/C35H38FN5O3S/c1-22-19-23(2)21-28(20-22)41(35(44)32-29(37)30(40-45-32)33(42)39-27-11-7-4-8-12-27)31(25-13-15-26(36)16-14-25)34(43)38-18-17-24-9-5-3-6-10-24/h3,5-6,9-10,13-16,19-21,27,31H,4,7-8,11-12,17-18,37H2,1-2H3,(H,38,43)(H,39,42)/t31-/m1/s1. The van der Waals surface area contributed by atoms with Crippen LogP contribution in [0.15, 0.2) is 72.8 Å². The van der Waals surface area contributed by atoms with Gasteiger partial charge in [-0.1, -0.05) is 67.8 Å². The number of hydrogen-bond acceptors (Lipinski definition) is 6. The summed E-state index contributed by atoms with van der Waals surface area (Å²) in [7, 11) is 0. The average Bonchev–Trinajstić information content (AvgIpc) is 3.42. The molecule has 8 nitrogen and oxygen atoms in total. The fourth-order valence-corrected chi connectivity index (χ4v) is 6.57. The summed E-state index contributed by atoms with van der Waals surface area (Å²) in [6.07, 6.45) is 5.60. The maximum Gasteiger partial charge on any atom is 0.273 e. The number of benzene rings is 3. The molecule has 45 heavy (non-hydrogen) atoms. The molecule has 234 valence electrons. The van der Waals surface area contributed by atoms with Crippen molar-refractivity contribution < 1.29 is 18.8 Å². The van der Waals surface area contributed by atoms with Crippen LogP contribution in [0.2, 0.25) is 0 Å². The molecule has 1 heterocycles. The highest BCUT2D eigenvalue weighted by atomic mass is 32.1. The molecule has 1 aliphatic carbocycles. The van der Waals surface area contributed by atoms with Gasteiger partial charge in [0, 0.05) is 18.3 Å². The average molecular weight is 628 g/mol. The van der Waals surface area contributed by atoms with Crippen molar-refractivity contribution in [1.29, 1.82) is 0 Å². The molecule has 1 atom stereocenters. The van der Waals surface area contributed by atoms with E-state index in [9.17, 15) is 18.8 Å². The third-order valence-electron chi connectivity index (χ3n) is 8.03. The fraction of sp³-hybridized carbons (Fsp3) is 0.314. The van der Waals surface area contributed by atoms with Gasteiger partial charge >= 0.3 is 0 Å². The van der Waals surface area contributed by atoms with Crippen molar-refractivity contribution in [2.24, 2.45) is 0 Å². The van der Waals surface area contributed by atoms with Gasteiger partial charge in [-0.15, -0.1) is 0 Å². The summed E-state index contributed by atoms with van der Waals surface area (Å²) in [5.74, 6) is -1.91. The van der Waals surface area contributed by atoms with Gasteiger partial charge < -0.3 is 16.4 Å². The number of aromatic nitrogens is 1. The van der Waals surface area contributed by atoms with Gasteiger partial charge in [0.25, 0.3) is 11.8 Å². The zero-order chi connectivity index (χ0) is 31.9. The summed E-state index contributed by atoms with van der Waals surface area (Å²) in [4.78, 5) is 43.2. The molecule has 10 heteroatoms. The third kappa shape index (κ3) is 7.75. The quantitative estimate of drug-likeness (QED) is 0.191. The lowest BCUT2D eigenvalue weighted by atomic mass is 9.95. The molecule has 0 saturated heterocycles. The topological polar surface area (TPSA) is 117 Å². The van der Waals surface area contributed by atoms with Crippen LogP contribution in [0.5, 0.6) is 0 Å². The Labute approximate surface area is 267 Å². The number of carbonyl (C=O) groups excluding carboxylic acids is 3. The first-order valence-electron chi connectivity index (χ1n) is 15.3. The molecule has 1 aliphatic rings. The van der Waals surface area contributed by atoms with Crippen molar-refractivity contribution in [1.82, 2.24) is 15.0 Å². The Morgan fingerprint density at radius 1 is 0.978 bits per heavy atom. The van der Waals surface area contributed by atoms with Gasteiger partial charge in [-0.3, -0.25) is 19.3 Å². The number of halogens is 1. The van der Waals surface area contributed by atoms with Crippen LogP contribution in [0.4, 0.5) is 15.8 Å². The summed E-state index contributed by atoms with van der Waals surface area (Å²) in [5.41, 5.74) is 10.1. The molecule has 4 N–H and O–H groups in total. The molecule has 0 radical (unpaired) electrons. The lowest BCUT2D eigenvalue weighted by molar-refractivity contribution is -0.122. The monoisotopic (exact) mass is 627 g/mol. The zero-order valence-electron chi connectivity index (χ0n) is 25.5. The Morgan fingerprint density at radius 3 is 2.31 bits per heavy atom. The second kappa shape index (κ2) is 14.5. The summed E-state index contributed by atoms with van der Waals surface area (Å²) in [6, 6.07) is 19.7. The van der Waals surface area contributed by atoms with Crippen molar-refractivity contribution in [3.63, 3.8) is 0 Å². The number of anilines is 2. The van der Waals surface area contributed by atoms with Crippen molar-refractivity contribution in [3.05, 3.63) is 111 Å². The normalized spacial score (nSPS) is 14.0. The van der Waals surface area contributed by atoms with E-state index in [2.05, 4.69) is 15.0 Å². The van der Waals surface area contributed by atoms with Gasteiger partial charge in [-0.25, -0.2) is 4.39 Å². The Morgan fingerprint density at radius 2 is 1.64 bits per heavy atom.